The molecule has 1 saturated carbocycles. The maximum Gasteiger partial charge on any atom is 0.226 e. The molecule has 1 N–H and O–H groups in total. The van der Waals surface area contributed by atoms with Gasteiger partial charge in [-0.05, 0) is 37.0 Å². The Morgan fingerprint density at radius 2 is 2.15 bits per heavy atom. The second kappa shape index (κ2) is 5.13. The van der Waals surface area contributed by atoms with E-state index >= 15 is 0 Å². The van der Waals surface area contributed by atoms with Crippen LogP contribution in [0.2, 0.25) is 0 Å². The number of piperazine rings is 1. The minimum atomic E-state index is -0.840. The van der Waals surface area contributed by atoms with E-state index in [2.05, 4.69) is 5.32 Å². The van der Waals surface area contributed by atoms with Crippen molar-refractivity contribution in [1.29, 1.82) is 0 Å². The molecule has 5 heteroatoms. The molecule has 3 rings (SSSR count). The third-order valence-electron chi connectivity index (χ3n) is 4.26. The van der Waals surface area contributed by atoms with Crippen LogP contribution in [0, 0.1) is 17.6 Å². The monoisotopic (exact) mass is 280 g/mol. The Balaban J connectivity index is 1.68. The Bertz CT molecular complexity index is 535. The maximum atomic E-state index is 13.2. The van der Waals surface area contributed by atoms with Crippen LogP contribution in [0.25, 0.3) is 0 Å². The highest BCUT2D eigenvalue weighted by molar-refractivity contribution is 5.83. The summed E-state index contributed by atoms with van der Waals surface area (Å²) in [6, 6.07) is 4.13. The molecule has 1 aliphatic carbocycles. The van der Waals surface area contributed by atoms with E-state index in [-0.39, 0.29) is 23.8 Å². The van der Waals surface area contributed by atoms with Crippen molar-refractivity contribution in [1.82, 2.24) is 10.2 Å². The van der Waals surface area contributed by atoms with E-state index in [4.69, 9.17) is 0 Å². The lowest BCUT2D eigenvalue weighted by molar-refractivity contribution is -0.135. The average Bonchev–Trinajstić information content (AvgIpc) is 3.22. The molecule has 1 aliphatic heterocycles. The first-order valence-electron chi connectivity index (χ1n) is 7.04. The van der Waals surface area contributed by atoms with Crippen molar-refractivity contribution in [2.45, 2.75) is 25.3 Å². The van der Waals surface area contributed by atoms with Gasteiger partial charge in [0, 0.05) is 31.6 Å². The van der Waals surface area contributed by atoms with Crippen molar-refractivity contribution >= 4 is 5.91 Å². The van der Waals surface area contributed by atoms with Crippen LogP contribution >= 0.6 is 0 Å². The van der Waals surface area contributed by atoms with Gasteiger partial charge in [0.1, 0.15) is 0 Å². The lowest BCUT2D eigenvalue weighted by Gasteiger charge is -2.34. The minimum Gasteiger partial charge on any atom is -0.337 e. The fourth-order valence-electron chi connectivity index (χ4n) is 2.96. The molecule has 1 aromatic carbocycles. The molecule has 1 amide bonds. The van der Waals surface area contributed by atoms with Gasteiger partial charge in [0.25, 0.3) is 0 Å². The van der Waals surface area contributed by atoms with Gasteiger partial charge in [-0.3, -0.25) is 4.79 Å². The van der Waals surface area contributed by atoms with Gasteiger partial charge < -0.3 is 10.2 Å². The summed E-state index contributed by atoms with van der Waals surface area (Å²) >= 11 is 0. The molecule has 0 bridgehead atoms. The van der Waals surface area contributed by atoms with Crippen LogP contribution in [-0.2, 0) is 4.79 Å². The topological polar surface area (TPSA) is 32.3 Å². The first-order valence-corrected chi connectivity index (χ1v) is 7.04. The quantitative estimate of drug-likeness (QED) is 0.897. The highest BCUT2D eigenvalue weighted by Crippen LogP contribution is 2.48. The van der Waals surface area contributed by atoms with E-state index in [1.165, 1.54) is 6.07 Å². The molecule has 20 heavy (non-hydrogen) atoms. The van der Waals surface area contributed by atoms with Crippen LogP contribution in [0.5, 0.6) is 0 Å². The molecule has 2 fully saturated rings. The number of hydrogen-bond donors (Lipinski definition) is 1. The molecule has 0 aromatic heterocycles. The highest BCUT2D eigenvalue weighted by Gasteiger charge is 2.46. The fourth-order valence-corrected chi connectivity index (χ4v) is 2.96. The van der Waals surface area contributed by atoms with Crippen molar-refractivity contribution in [3.05, 3.63) is 35.4 Å². The van der Waals surface area contributed by atoms with Gasteiger partial charge in [-0.1, -0.05) is 6.07 Å². The fraction of sp³-hybridized carbons (Fsp3) is 0.533. The largest absolute Gasteiger partial charge is 0.337 e. The first kappa shape index (κ1) is 13.5. The molecule has 0 spiro atoms. The number of halogens is 2. The summed E-state index contributed by atoms with van der Waals surface area (Å²) in [4.78, 5) is 14.3. The van der Waals surface area contributed by atoms with Gasteiger partial charge in [0.15, 0.2) is 11.6 Å². The molecular weight excluding hydrogens is 262 g/mol. The molecule has 108 valence electrons. The predicted octanol–water partition coefficient (Wildman–Crippen LogP) is 1.89. The zero-order chi connectivity index (χ0) is 14.3. The van der Waals surface area contributed by atoms with Crippen LogP contribution in [-0.4, -0.2) is 36.5 Å². The molecule has 2 aliphatic rings. The van der Waals surface area contributed by atoms with Crippen LogP contribution in [0.3, 0.4) is 0 Å². The van der Waals surface area contributed by atoms with Crippen LogP contribution in [0.15, 0.2) is 18.2 Å². The molecular formula is C15H18F2N2O. The van der Waals surface area contributed by atoms with Crippen molar-refractivity contribution in [3.8, 4) is 0 Å². The maximum absolute atomic E-state index is 13.2. The number of benzene rings is 1. The van der Waals surface area contributed by atoms with Gasteiger partial charge in [-0.25, -0.2) is 8.78 Å². The van der Waals surface area contributed by atoms with Crippen LogP contribution < -0.4 is 5.32 Å². The smallest absolute Gasteiger partial charge is 0.226 e. The predicted molar refractivity (Wildman–Crippen MR) is 71.3 cm³/mol. The number of rotatable bonds is 2. The second-order valence-corrected chi connectivity index (χ2v) is 5.71. The summed E-state index contributed by atoms with van der Waals surface area (Å²) in [5.74, 6) is -1.56. The Morgan fingerprint density at radius 3 is 2.85 bits per heavy atom. The van der Waals surface area contributed by atoms with Gasteiger partial charge in [0.05, 0.1) is 0 Å². The van der Waals surface area contributed by atoms with Gasteiger partial charge in [-0.15, -0.1) is 0 Å². The summed E-state index contributed by atoms with van der Waals surface area (Å²) in [7, 11) is 0. The Labute approximate surface area is 117 Å². The number of hydrogen-bond acceptors (Lipinski definition) is 2. The summed E-state index contributed by atoms with van der Waals surface area (Å²) in [6.45, 7) is 4.38. The van der Waals surface area contributed by atoms with E-state index in [0.29, 0.717) is 0 Å². The number of carbonyl (C=O) groups excluding carboxylic acids is 1. The molecule has 0 radical (unpaired) electrons. The Morgan fingerprint density at radius 1 is 1.35 bits per heavy atom. The normalized spacial score (nSPS) is 29.4. The number of nitrogens with zero attached hydrogens (tertiary/aromatic N) is 1. The van der Waals surface area contributed by atoms with E-state index in [9.17, 15) is 13.6 Å². The third-order valence-corrected chi connectivity index (χ3v) is 4.26. The Kier molecular flexibility index (Phi) is 3.46. The van der Waals surface area contributed by atoms with E-state index < -0.39 is 11.6 Å². The molecule has 1 heterocycles. The van der Waals surface area contributed by atoms with E-state index in [1.807, 2.05) is 11.8 Å². The lowest BCUT2D eigenvalue weighted by Crippen LogP contribution is -2.52. The van der Waals surface area contributed by atoms with Crippen LogP contribution in [0.4, 0.5) is 8.78 Å². The van der Waals surface area contributed by atoms with Crippen molar-refractivity contribution in [2.24, 2.45) is 5.92 Å². The van der Waals surface area contributed by atoms with Crippen molar-refractivity contribution in [2.75, 3.05) is 19.6 Å². The minimum absolute atomic E-state index is 0.0414. The van der Waals surface area contributed by atoms with Crippen LogP contribution in [0.1, 0.15) is 24.8 Å². The summed E-state index contributed by atoms with van der Waals surface area (Å²) in [5, 5.41) is 3.25. The van der Waals surface area contributed by atoms with Crippen molar-refractivity contribution < 1.29 is 13.6 Å². The van der Waals surface area contributed by atoms with Gasteiger partial charge >= 0.3 is 0 Å². The SMILES string of the molecule is C[C@@H]1CNCCN1C(=O)[C@@H]1C[C@@H]1c1ccc(F)c(F)c1. The standard InChI is InChI=1S/C15H18F2N2O/c1-9-8-18-4-5-19(9)15(20)12-7-11(12)10-2-3-13(16)14(17)6-10/h2-3,6,9,11-12,18H,4-5,7-8H2,1H3/t9-,11-,12-/m1/s1. The molecule has 1 aromatic rings. The summed E-state index contributed by atoms with van der Waals surface area (Å²) in [6.07, 6.45) is 0.737. The lowest BCUT2D eigenvalue weighted by atomic mass is 10.1. The van der Waals surface area contributed by atoms with E-state index in [0.717, 1.165) is 37.7 Å². The summed E-state index contributed by atoms with van der Waals surface area (Å²) in [5.41, 5.74) is 0.727. The summed E-state index contributed by atoms with van der Waals surface area (Å²) < 4.78 is 26.2. The average molecular weight is 280 g/mol. The Hall–Kier alpha value is -1.49. The zero-order valence-electron chi connectivity index (χ0n) is 11.4. The second-order valence-electron chi connectivity index (χ2n) is 5.71. The first-order chi connectivity index (χ1) is 9.58. The van der Waals surface area contributed by atoms with Gasteiger partial charge in [0.2, 0.25) is 5.91 Å². The molecule has 3 atom stereocenters. The molecule has 3 nitrogen and oxygen atoms in total. The van der Waals surface area contributed by atoms with Crippen molar-refractivity contribution in [3.63, 3.8) is 0 Å². The molecule has 0 unspecified atom stereocenters. The van der Waals surface area contributed by atoms with Gasteiger partial charge in [-0.2, -0.15) is 0 Å². The zero-order valence-corrected chi connectivity index (χ0v) is 11.4. The number of nitrogens with one attached hydrogen (secondary N) is 1. The number of amides is 1. The van der Waals surface area contributed by atoms with E-state index in [1.54, 1.807) is 6.07 Å². The number of carbonyl (C=O) groups is 1. The highest BCUT2D eigenvalue weighted by atomic mass is 19.2. The molecule has 1 saturated heterocycles. The third kappa shape index (κ3) is 2.42.